The normalized spacial score (nSPS) is 8.11. The van der Waals surface area contributed by atoms with Crippen molar-refractivity contribution in [2.45, 2.75) is 32.6 Å². The zero-order valence-corrected chi connectivity index (χ0v) is 5.18. The first-order chi connectivity index (χ1) is 3.77. The van der Waals surface area contributed by atoms with Gasteiger partial charge in [0.2, 0.25) is 0 Å². The van der Waals surface area contributed by atoms with Crippen molar-refractivity contribution in [3.8, 4) is 0 Å². The summed E-state index contributed by atoms with van der Waals surface area (Å²) >= 11 is 0. The quantitative estimate of drug-likeness (QED) is 0.562. The summed E-state index contributed by atoms with van der Waals surface area (Å²) in [6.45, 7) is 2.06. The molecule has 0 aliphatic carbocycles. The monoisotopic (exact) mass is 240 g/mol. The minimum absolute atomic E-state index is 0. The predicted molar refractivity (Wildman–Crippen MR) is 43.1 cm³/mol. The van der Waals surface area contributed by atoms with E-state index >= 15 is 0 Å². The Morgan fingerprint density at radius 3 is 2.33 bits per heavy atom. The number of carbonyl (C=O) groups is 1. The third-order valence-corrected chi connectivity index (χ3v) is 0.994. The van der Waals surface area contributed by atoms with E-state index in [9.17, 15) is 4.79 Å². The van der Waals surface area contributed by atoms with Crippen LogP contribution in [-0.4, -0.2) is 35.0 Å². The second-order valence-corrected chi connectivity index (χ2v) is 1.85. The first-order valence-electron chi connectivity index (χ1n) is 2.99. The molecule has 0 aliphatic rings. The van der Waals surface area contributed by atoms with Crippen LogP contribution in [0.4, 0.5) is 0 Å². The molecule has 1 N–H and O–H groups in total. The fourth-order valence-electron chi connectivity index (χ4n) is 0.526. The van der Waals surface area contributed by atoms with Crippen molar-refractivity contribution < 1.29 is 9.90 Å². The molecular formula is C6H16O2Sn. The van der Waals surface area contributed by atoms with Gasteiger partial charge < -0.3 is 5.11 Å². The Morgan fingerprint density at radius 1 is 1.44 bits per heavy atom. The van der Waals surface area contributed by atoms with E-state index in [1.54, 1.807) is 0 Å². The first-order valence-corrected chi connectivity index (χ1v) is 2.99. The molecule has 56 valence electrons. The van der Waals surface area contributed by atoms with E-state index in [0.29, 0.717) is 6.42 Å². The fourth-order valence-corrected chi connectivity index (χ4v) is 0.526. The van der Waals surface area contributed by atoms with E-state index in [1.807, 2.05) is 0 Å². The Bertz CT molecular complexity index is 73.5. The molecule has 0 amide bonds. The van der Waals surface area contributed by atoms with Gasteiger partial charge in [0.25, 0.3) is 0 Å². The van der Waals surface area contributed by atoms with Crippen LogP contribution in [0.15, 0.2) is 0 Å². The number of carboxylic acid groups (broad SMARTS) is 1. The van der Waals surface area contributed by atoms with Crippen LogP contribution in [0.25, 0.3) is 0 Å². The number of hydrogen-bond donors (Lipinski definition) is 1. The van der Waals surface area contributed by atoms with E-state index in [1.165, 1.54) is 0 Å². The average molecular weight is 239 g/mol. The van der Waals surface area contributed by atoms with Crippen LogP contribution in [0.1, 0.15) is 32.6 Å². The molecule has 2 nitrogen and oxygen atoms in total. The zero-order valence-electron chi connectivity index (χ0n) is 5.18. The SMILES string of the molecule is CCCCCC(=O)O.[SnH4]. The summed E-state index contributed by atoms with van der Waals surface area (Å²) in [4.78, 5) is 9.87. The summed E-state index contributed by atoms with van der Waals surface area (Å²) in [6.07, 6.45) is 3.28. The summed E-state index contributed by atoms with van der Waals surface area (Å²) in [5.41, 5.74) is 0. The summed E-state index contributed by atoms with van der Waals surface area (Å²) in [5.74, 6) is -0.682. The van der Waals surface area contributed by atoms with E-state index < -0.39 is 5.97 Å². The van der Waals surface area contributed by atoms with Gasteiger partial charge in [0, 0.05) is 6.42 Å². The number of rotatable bonds is 4. The molecule has 9 heavy (non-hydrogen) atoms. The molecule has 0 aromatic heterocycles. The standard InChI is InChI=1S/C6H12O2.Sn.4H/c1-2-3-4-5-6(7)8;;;;;/h2-5H2,1H3,(H,7,8);;;;;. The van der Waals surface area contributed by atoms with Gasteiger partial charge in [-0.1, -0.05) is 19.8 Å². The van der Waals surface area contributed by atoms with Crippen LogP contribution in [0.2, 0.25) is 0 Å². The van der Waals surface area contributed by atoms with Crippen molar-refractivity contribution in [3.05, 3.63) is 0 Å². The van der Waals surface area contributed by atoms with E-state index in [0.717, 1.165) is 19.3 Å². The van der Waals surface area contributed by atoms with Gasteiger partial charge >= 0.3 is 29.9 Å². The van der Waals surface area contributed by atoms with Crippen LogP contribution >= 0.6 is 0 Å². The second kappa shape index (κ2) is 8.27. The first kappa shape index (κ1) is 12.0. The van der Waals surface area contributed by atoms with Crippen LogP contribution in [-0.2, 0) is 4.79 Å². The van der Waals surface area contributed by atoms with Crippen LogP contribution < -0.4 is 0 Å². The number of aliphatic carboxylic acids is 1. The molecule has 0 saturated carbocycles. The number of unbranched alkanes of at least 4 members (excludes halogenated alkanes) is 2. The second-order valence-electron chi connectivity index (χ2n) is 1.85. The van der Waals surface area contributed by atoms with Gasteiger partial charge in [-0.25, -0.2) is 0 Å². The van der Waals surface area contributed by atoms with Crippen LogP contribution in [0.5, 0.6) is 0 Å². The van der Waals surface area contributed by atoms with E-state index in [2.05, 4.69) is 6.92 Å². The summed E-state index contributed by atoms with van der Waals surface area (Å²) in [6, 6.07) is 0. The van der Waals surface area contributed by atoms with Gasteiger partial charge in [0.1, 0.15) is 0 Å². The molecule has 0 heterocycles. The zero-order chi connectivity index (χ0) is 6.41. The molecule has 0 atom stereocenters. The average Bonchev–Trinajstić information content (AvgIpc) is 1.66. The minimum atomic E-state index is -0.682. The van der Waals surface area contributed by atoms with Crippen LogP contribution in [0, 0.1) is 0 Å². The molecule has 0 rings (SSSR count). The van der Waals surface area contributed by atoms with E-state index in [4.69, 9.17) is 5.11 Å². The molecule has 0 radical (unpaired) electrons. The van der Waals surface area contributed by atoms with Crippen molar-refractivity contribution in [1.29, 1.82) is 0 Å². The molecule has 3 heteroatoms. The van der Waals surface area contributed by atoms with Crippen molar-refractivity contribution in [2.75, 3.05) is 0 Å². The summed E-state index contributed by atoms with van der Waals surface area (Å²) < 4.78 is 0. The van der Waals surface area contributed by atoms with Crippen LogP contribution in [0.3, 0.4) is 0 Å². The molecule has 0 aromatic rings. The van der Waals surface area contributed by atoms with Crippen molar-refractivity contribution in [3.63, 3.8) is 0 Å². The molecule has 0 bridgehead atoms. The molecule has 0 aromatic carbocycles. The van der Waals surface area contributed by atoms with Gasteiger partial charge in [-0.15, -0.1) is 0 Å². The molecular weight excluding hydrogens is 223 g/mol. The topological polar surface area (TPSA) is 37.3 Å². The number of carboxylic acids is 1. The predicted octanol–water partition coefficient (Wildman–Crippen LogP) is 0.200. The van der Waals surface area contributed by atoms with Gasteiger partial charge in [0.05, 0.1) is 0 Å². The van der Waals surface area contributed by atoms with E-state index in [-0.39, 0.29) is 23.9 Å². The molecule has 0 aliphatic heterocycles. The number of hydrogen-bond acceptors (Lipinski definition) is 1. The molecule has 0 saturated heterocycles. The van der Waals surface area contributed by atoms with Crippen molar-refractivity contribution in [1.82, 2.24) is 0 Å². The van der Waals surface area contributed by atoms with Gasteiger partial charge in [-0.05, 0) is 6.42 Å². The van der Waals surface area contributed by atoms with Crippen molar-refractivity contribution in [2.24, 2.45) is 0 Å². The Kier molecular flexibility index (Phi) is 11.0. The Balaban J connectivity index is 0. The third-order valence-electron chi connectivity index (χ3n) is 0.994. The Labute approximate surface area is 72.6 Å². The fraction of sp³-hybridized carbons (Fsp3) is 0.833. The summed E-state index contributed by atoms with van der Waals surface area (Å²) in [7, 11) is 0. The third kappa shape index (κ3) is 11.7. The van der Waals surface area contributed by atoms with Gasteiger partial charge in [0.15, 0.2) is 0 Å². The van der Waals surface area contributed by atoms with Gasteiger partial charge in [-0.3, -0.25) is 4.79 Å². The van der Waals surface area contributed by atoms with Crippen molar-refractivity contribution >= 4 is 29.9 Å². The maximum atomic E-state index is 9.87. The summed E-state index contributed by atoms with van der Waals surface area (Å²) in [5, 5.41) is 8.14. The molecule has 0 fully saturated rings. The Morgan fingerprint density at radius 2 is 2.00 bits per heavy atom. The Hall–Kier alpha value is 0.269. The molecule has 0 spiro atoms. The van der Waals surface area contributed by atoms with Gasteiger partial charge in [-0.2, -0.15) is 0 Å². The maximum absolute atomic E-state index is 9.87. The molecule has 0 unspecified atom stereocenters.